The second kappa shape index (κ2) is 6.10. The van der Waals surface area contributed by atoms with Crippen LogP contribution in [0.5, 0.6) is 0 Å². The van der Waals surface area contributed by atoms with Gasteiger partial charge in [0.1, 0.15) is 6.33 Å². The molecule has 0 spiro atoms. The number of nitro groups is 1. The van der Waals surface area contributed by atoms with Gasteiger partial charge in [-0.15, -0.1) is 0 Å². The van der Waals surface area contributed by atoms with Crippen molar-refractivity contribution < 1.29 is 9.66 Å². The molecule has 1 aromatic heterocycles. The molecule has 0 saturated heterocycles. The van der Waals surface area contributed by atoms with Gasteiger partial charge in [0.15, 0.2) is 0 Å². The number of likely N-dealkylation sites (N-methyl/N-ethyl adjacent to an activating group) is 1. The molecular formula is C10H17N5O3. The van der Waals surface area contributed by atoms with Crippen molar-refractivity contribution in [2.75, 3.05) is 30.9 Å². The van der Waals surface area contributed by atoms with Crippen molar-refractivity contribution in [3.63, 3.8) is 0 Å². The van der Waals surface area contributed by atoms with Crippen molar-refractivity contribution >= 4 is 17.3 Å². The van der Waals surface area contributed by atoms with E-state index in [1.165, 1.54) is 6.33 Å². The van der Waals surface area contributed by atoms with Gasteiger partial charge >= 0.3 is 5.69 Å². The SMILES string of the molecule is CCN(c1ncnc(N)c1[N+](=O)[O-])C(C)COC. The molecule has 0 aliphatic carbocycles. The van der Waals surface area contributed by atoms with Crippen LogP contribution in [0.25, 0.3) is 0 Å². The van der Waals surface area contributed by atoms with Crippen molar-refractivity contribution in [2.45, 2.75) is 19.9 Å². The summed E-state index contributed by atoms with van der Waals surface area (Å²) < 4.78 is 5.05. The second-order valence-corrected chi connectivity index (χ2v) is 3.78. The van der Waals surface area contributed by atoms with Crippen LogP contribution in [-0.2, 0) is 4.74 Å². The lowest BCUT2D eigenvalue weighted by atomic mass is 10.2. The number of aromatic nitrogens is 2. The largest absolute Gasteiger partial charge is 0.383 e. The lowest BCUT2D eigenvalue weighted by Crippen LogP contribution is -2.37. The van der Waals surface area contributed by atoms with Crippen molar-refractivity contribution in [1.82, 2.24) is 9.97 Å². The molecule has 0 fully saturated rings. The minimum atomic E-state index is -0.563. The highest BCUT2D eigenvalue weighted by Gasteiger charge is 2.27. The molecule has 18 heavy (non-hydrogen) atoms. The van der Waals surface area contributed by atoms with E-state index in [4.69, 9.17) is 10.5 Å². The van der Waals surface area contributed by atoms with Gasteiger partial charge in [0, 0.05) is 13.7 Å². The molecule has 2 N–H and O–H groups in total. The van der Waals surface area contributed by atoms with Crippen molar-refractivity contribution in [3.05, 3.63) is 16.4 Å². The highest BCUT2D eigenvalue weighted by molar-refractivity contribution is 5.68. The number of nitrogen functional groups attached to an aromatic ring is 1. The Morgan fingerprint density at radius 3 is 2.78 bits per heavy atom. The van der Waals surface area contributed by atoms with Crippen LogP contribution < -0.4 is 10.6 Å². The molecule has 0 aliphatic heterocycles. The Morgan fingerprint density at radius 1 is 1.61 bits per heavy atom. The van der Waals surface area contributed by atoms with E-state index in [1.807, 2.05) is 13.8 Å². The van der Waals surface area contributed by atoms with Crippen LogP contribution in [-0.4, -0.2) is 41.2 Å². The number of methoxy groups -OCH3 is 1. The zero-order chi connectivity index (χ0) is 13.7. The zero-order valence-electron chi connectivity index (χ0n) is 10.7. The Labute approximate surface area is 105 Å². The third-order valence-electron chi connectivity index (χ3n) is 2.57. The van der Waals surface area contributed by atoms with Crippen LogP contribution in [0.3, 0.4) is 0 Å². The predicted octanol–water partition coefficient (Wildman–Crippen LogP) is 0.828. The quantitative estimate of drug-likeness (QED) is 0.592. The Hall–Kier alpha value is -1.96. The smallest absolute Gasteiger partial charge is 0.353 e. The van der Waals surface area contributed by atoms with Crippen LogP contribution in [0.4, 0.5) is 17.3 Å². The molecule has 0 aromatic carbocycles. The molecule has 8 heteroatoms. The van der Waals surface area contributed by atoms with E-state index in [0.29, 0.717) is 13.2 Å². The summed E-state index contributed by atoms with van der Waals surface area (Å²) in [6.07, 6.45) is 1.22. The standard InChI is InChI=1S/C10H17N5O3/c1-4-14(7(2)5-18-3)10-8(15(16)17)9(11)12-6-13-10/h6-7H,4-5H2,1-3H3,(H2,11,12,13). The van der Waals surface area contributed by atoms with E-state index in [9.17, 15) is 10.1 Å². The fourth-order valence-electron chi connectivity index (χ4n) is 1.77. The summed E-state index contributed by atoms with van der Waals surface area (Å²) >= 11 is 0. The van der Waals surface area contributed by atoms with E-state index < -0.39 is 4.92 Å². The molecule has 1 rings (SSSR count). The molecule has 1 heterocycles. The summed E-state index contributed by atoms with van der Waals surface area (Å²) in [6, 6.07) is -0.0481. The highest BCUT2D eigenvalue weighted by atomic mass is 16.6. The predicted molar refractivity (Wildman–Crippen MR) is 67.5 cm³/mol. The summed E-state index contributed by atoms with van der Waals surface area (Å²) in [5.41, 5.74) is 5.28. The van der Waals surface area contributed by atoms with Gasteiger partial charge < -0.3 is 15.4 Å². The van der Waals surface area contributed by atoms with Gasteiger partial charge in [-0.2, -0.15) is 0 Å². The number of rotatable bonds is 6. The maximum atomic E-state index is 11.0. The van der Waals surface area contributed by atoms with Gasteiger partial charge in [-0.1, -0.05) is 0 Å². The minimum absolute atomic E-state index is 0.0481. The average molecular weight is 255 g/mol. The van der Waals surface area contributed by atoms with Gasteiger partial charge in [-0.25, -0.2) is 9.97 Å². The monoisotopic (exact) mass is 255 g/mol. The number of hydrogen-bond donors (Lipinski definition) is 1. The number of nitrogens with two attached hydrogens (primary N) is 1. The molecule has 8 nitrogen and oxygen atoms in total. The summed E-state index contributed by atoms with van der Waals surface area (Å²) in [7, 11) is 1.58. The van der Waals surface area contributed by atoms with Crippen LogP contribution in [0.15, 0.2) is 6.33 Å². The lowest BCUT2D eigenvalue weighted by molar-refractivity contribution is -0.383. The first-order valence-electron chi connectivity index (χ1n) is 5.53. The first-order valence-corrected chi connectivity index (χ1v) is 5.53. The highest BCUT2D eigenvalue weighted by Crippen LogP contribution is 2.30. The normalized spacial score (nSPS) is 12.2. The Bertz CT molecular complexity index is 426. The number of hydrogen-bond acceptors (Lipinski definition) is 7. The molecule has 0 saturated carbocycles. The minimum Gasteiger partial charge on any atom is -0.383 e. The van der Waals surface area contributed by atoms with Crippen molar-refractivity contribution in [3.8, 4) is 0 Å². The fraction of sp³-hybridized carbons (Fsp3) is 0.600. The summed E-state index contributed by atoms with van der Waals surface area (Å²) in [6.45, 7) is 4.78. The van der Waals surface area contributed by atoms with Gasteiger partial charge in [-0.05, 0) is 13.8 Å². The first kappa shape index (κ1) is 14.1. The third-order valence-corrected chi connectivity index (χ3v) is 2.57. The number of nitrogens with zero attached hydrogens (tertiary/aromatic N) is 4. The molecule has 1 atom stereocenters. The molecule has 0 aliphatic rings. The van der Waals surface area contributed by atoms with E-state index in [1.54, 1.807) is 12.0 Å². The molecule has 0 radical (unpaired) electrons. The van der Waals surface area contributed by atoms with Gasteiger partial charge in [-0.3, -0.25) is 10.1 Å². The van der Waals surface area contributed by atoms with E-state index in [0.717, 1.165) is 0 Å². The Morgan fingerprint density at radius 2 is 2.28 bits per heavy atom. The van der Waals surface area contributed by atoms with Crippen LogP contribution >= 0.6 is 0 Å². The first-order chi connectivity index (χ1) is 8.52. The molecule has 100 valence electrons. The summed E-state index contributed by atoms with van der Waals surface area (Å²) in [4.78, 5) is 19.9. The van der Waals surface area contributed by atoms with E-state index in [2.05, 4.69) is 9.97 Å². The molecule has 0 bridgehead atoms. The lowest BCUT2D eigenvalue weighted by Gasteiger charge is -2.28. The fourth-order valence-corrected chi connectivity index (χ4v) is 1.77. The summed E-state index contributed by atoms with van der Waals surface area (Å²) in [5, 5.41) is 11.0. The van der Waals surface area contributed by atoms with Gasteiger partial charge in [0.25, 0.3) is 0 Å². The molecule has 1 aromatic rings. The maximum Gasteiger partial charge on any atom is 0.353 e. The van der Waals surface area contributed by atoms with Gasteiger partial charge in [0.05, 0.1) is 17.6 Å². The Kier molecular flexibility index (Phi) is 4.78. The molecule has 0 amide bonds. The number of anilines is 2. The van der Waals surface area contributed by atoms with E-state index >= 15 is 0 Å². The second-order valence-electron chi connectivity index (χ2n) is 3.78. The molecule has 1 unspecified atom stereocenters. The molecular weight excluding hydrogens is 238 g/mol. The summed E-state index contributed by atoms with van der Waals surface area (Å²) in [5.74, 6) is 0.0904. The topological polar surface area (TPSA) is 107 Å². The van der Waals surface area contributed by atoms with E-state index in [-0.39, 0.29) is 23.4 Å². The zero-order valence-corrected chi connectivity index (χ0v) is 10.7. The van der Waals surface area contributed by atoms with Crippen molar-refractivity contribution in [1.29, 1.82) is 0 Å². The average Bonchev–Trinajstić information content (AvgIpc) is 2.29. The third kappa shape index (κ3) is 2.83. The van der Waals surface area contributed by atoms with Crippen molar-refractivity contribution in [2.24, 2.45) is 0 Å². The van der Waals surface area contributed by atoms with Crippen LogP contribution in [0.1, 0.15) is 13.8 Å². The van der Waals surface area contributed by atoms with Gasteiger partial charge in [0.2, 0.25) is 11.6 Å². The number of ether oxygens (including phenoxy) is 1. The van der Waals surface area contributed by atoms with Crippen LogP contribution in [0.2, 0.25) is 0 Å². The van der Waals surface area contributed by atoms with Crippen LogP contribution in [0, 0.1) is 10.1 Å². The Balaban J connectivity index is 3.21. The maximum absolute atomic E-state index is 11.0.